The van der Waals surface area contributed by atoms with Gasteiger partial charge < -0.3 is 29.4 Å². The molecule has 0 radical (unpaired) electrons. The summed E-state index contributed by atoms with van der Waals surface area (Å²) in [5, 5.41) is 10.9. The van der Waals surface area contributed by atoms with Crippen LogP contribution < -0.4 is 14.7 Å². The molecule has 5 rings (SSSR count). The number of fused-ring (bicyclic) bond motifs is 1. The number of carbonyl (C=O) groups is 1. The Morgan fingerprint density at radius 1 is 1.08 bits per heavy atom. The Labute approximate surface area is 229 Å². The molecule has 1 amide bonds. The molecule has 4 heterocycles. The first-order chi connectivity index (χ1) is 18.1. The molecule has 1 atom stereocenters. The molecule has 2 fully saturated rings. The topological polar surface area (TPSA) is 72.4 Å². The summed E-state index contributed by atoms with van der Waals surface area (Å²) in [4.78, 5) is 26.1. The smallest absolute Gasteiger partial charge is 0.410 e. The van der Waals surface area contributed by atoms with Gasteiger partial charge in [-0.3, -0.25) is 0 Å². The third kappa shape index (κ3) is 5.68. The number of pyridine rings is 1. The maximum Gasteiger partial charge on any atom is 0.410 e. The molecule has 204 valence electrons. The number of aromatic nitrogens is 1. The maximum atomic E-state index is 12.4. The molecule has 9 heteroatoms. The number of nitrogens with zero attached hydrogens (tertiary/aromatic N) is 5. The van der Waals surface area contributed by atoms with Gasteiger partial charge in [0.1, 0.15) is 5.60 Å². The summed E-state index contributed by atoms with van der Waals surface area (Å²) >= 11 is 1.77. The normalized spacial score (nSPS) is 18.4. The second-order valence-electron chi connectivity index (χ2n) is 11.5. The first-order valence-corrected chi connectivity index (χ1v) is 14.2. The van der Waals surface area contributed by atoms with E-state index >= 15 is 0 Å². The van der Waals surface area contributed by atoms with E-state index in [0.717, 1.165) is 55.1 Å². The molecule has 1 N–H and O–H groups in total. The summed E-state index contributed by atoms with van der Waals surface area (Å²) in [6, 6.07) is 13.0. The summed E-state index contributed by atoms with van der Waals surface area (Å²) in [6.07, 6.45) is 0.774. The average Bonchev–Trinajstić information content (AvgIpc) is 3.55. The van der Waals surface area contributed by atoms with Crippen LogP contribution in [0.3, 0.4) is 0 Å². The van der Waals surface area contributed by atoms with Crippen molar-refractivity contribution < 1.29 is 14.6 Å². The fourth-order valence-electron chi connectivity index (χ4n) is 5.11. The van der Waals surface area contributed by atoms with Crippen molar-refractivity contribution in [1.29, 1.82) is 0 Å². The van der Waals surface area contributed by atoms with Crippen molar-refractivity contribution in [3.8, 4) is 11.3 Å². The second kappa shape index (κ2) is 10.6. The Bertz CT molecular complexity index is 1280. The quantitative estimate of drug-likeness (QED) is 0.496. The lowest BCUT2D eigenvalue weighted by Crippen LogP contribution is -2.50. The molecule has 2 aliphatic rings. The number of carbonyl (C=O) groups excluding carboxylic acids is 1. The van der Waals surface area contributed by atoms with E-state index in [-0.39, 0.29) is 12.7 Å². The van der Waals surface area contributed by atoms with Gasteiger partial charge in [-0.15, -0.1) is 11.3 Å². The average molecular weight is 538 g/mol. The minimum absolute atomic E-state index is 0.235. The van der Waals surface area contributed by atoms with Crippen LogP contribution in [-0.4, -0.2) is 86.7 Å². The molecule has 1 aromatic carbocycles. The fraction of sp³-hybridized carbons (Fsp3) is 0.517. The lowest BCUT2D eigenvalue weighted by molar-refractivity contribution is 0.0240. The lowest BCUT2D eigenvalue weighted by atomic mass is 10.1. The third-order valence-corrected chi connectivity index (χ3v) is 8.55. The Balaban J connectivity index is 1.35. The number of benzene rings is 1. The van der Waals surface area contributed by atoms with Crippen molar-refractivity contribution in [3.63, 3.8) is 0 Å². The Kier molecular flexibility index (Phi) is 7.42. The second-order valence-corrected chi connectivity index (χ2v) is 12.5. The van der Waals surface area contributed by atoms with E-state index in [4.69, 9.17) is 9.72 Å². The predicted octanol–water partition coefficient (Wildman–Crippen LogP) is 4.91. The molecule has 2 aromatic heterocycles. The fourth-order valence-corrected chi connectivity index (χ4v) is 6.18. The van der Waals surface area contributed by atoms with Gasteiger partial charge >= 0.3 is 6.09 Å². The number of amides is 1. The van der Waals surface area contributed by atoms with E-state index in [0.29, 0.717) is 19.0 Å². The van der Waals surface area contributed by atoms with Crippen LogP contribution in [0.15, 0.2) is 36.4 Å². The van der Waals surface area contributed by atoms with Crippen molar-refractivity contribution in [2.24, 2.45) is 5.92 Å². The number of thiophene rings is 1. The number of rotatable bonds is 5. The van der Waals surface area contributed by atoms with Gasteiger partial charge in [-0.05, 0) is 51.5 Å². The summed E-state index contributed by atoms with van der Waals surface area (Å²) < 4.78 is 6.73. The molecular formula is C29H39N5O3S. The number of piperazine rings is 1. The van der Waals surface area contributed by atoms with Gasteiger partial charge in [-0.2, -0.15) is 0 Å². The molecule has 0 aliphatic carbocycles. The van der Waals surface area contributed by atoms with Crippen LogP contribution in [0.4, 0.5) is 21.2 Å². The minimum Gasteiger partial charge on any atom is -0.444 e. The van der Waals surface area contributed by atoms with Gasteiger partial charge in [0.25, 0.3) is 0 Å². The summed E-state index contributed by atoms with van der Waals surface area (Å²) in [5.74, 6) is 0.324. The van der Waals surface area contributed by atoms with Gasteiger partial charge in [0.05, 0.1) is 26.6 Å². The van der Waals surface area contributed by atoms with Crippen LogP contribution in [0.2, 0.25) is 0 Å². The minimum atomic E-state index is -0.479. The zero-order valence-electron chi connectivity index (χ0n) is 23.1. The van der Waals surface area contributed by atoms with Gasteiger partial charge in [0.15, 0.2) is 0 Å². The molecule has 0 spiro atoms. The highest BCUT2D eigenvalue weighted by atomic mass is 32.1. The van der Waals surface area contributed by atoms with Crippen molar-refractivity contribution >= 4 is 44.0 Å². The molecule has 1 unspecified atom stereocenters. The van der Waals surface area contributed by atoms with E-state index in [1.807, 2.05) is 20.8 Å². The third-order valence-electron chi connectivity index (χ3n) is 7.23. The number of aliphatic hydroxyl groups is 1. The molecule has 8 nitrogen and oxygen atoms in total. The number of aliphatic hydroxyl groups excluding tert-OH is 1. The van der Waals surface area contributed by atoms with Gasteiger partial charge in [0, 0.05) is 77.1 Å². The van der Waals surface area contributed by atoms with Crippen LogP contribution in [0.1, 0.15) is 27.2 Å². The largest absolute Gasteiger partial charge is 0.444 e. The maximum absolute atomic E-state index is 12.4. The van der Waals surface area contributed by atoms with Crippen molar-refractivity contribution in [3.05, 3.63) is 36.4 Å². The number of anilines is 3. The monoisotopic (exact) mass is 537 g/mol. The van der Waals surface area contributed by atoms with Crippen molar-refractivity contribution in [1.82, 2.24) is 9.88 Å². The van der Waals surface area contributed by atoms with Gasteiger partial charge in [-0.25, -0.2) is 9.78 Å². The van der Waals surface area contributed by atoms with Gasteiger partial charge in [-0.1, -0.05) is 12.1 Å². The standard InChI is InChI=1S/C29H39N5O3S/c1-29(2,3)37-28(36)33-14-12-32(13-15-33)22-8-6-21(7-9-22)23-16-25(34-11-10-20(18-34)19-35)27-24(30-23)17-26(38-27)31(4)5/h6-9,16-17,20,35H,10-15,18-19H2,1-5H3. The van der Waals surface area contributed by atoms with E-state index in [1.54, 1.807) is 16.2 Å². The van der Waals surface area contributed by atoms with E-state index < -0.39 is 5.60 Å². The van der Waals surface area contributed by atoms with E-state index in [1.165, 1.54) is 15.4 Å². The molecule has 38 heavy (non-hydrogen) atoms. The van der Waals surface area contributed by atoms with Crippen LogP contribution in [0.25, 0.3) is 21.5 Å². The van der Waals surface area contributed by atoms with Gasteiger partial charge in [0.2, 0.25) is 0 Å². The highest BCUT2D eigenvalue weighted by molar-refractivity contribution is 7.23. The lowest BCUT2D eigenvalue weighted by Gasteiger charge is -2.36. The van der Waals surface area contributed by atoms with Crippen molar-refractivity contribution in [2.75, 3.05) is 74.7 Å². The van der Waals surface area contributed by atoms with Crippen LogP contribution in [-0.2, 0) is 4.74 Å². The van der Waals surface area contributed by atoms with E-state index in [2.05, 4.69) is 65.2 Å². The van der Waals surface area contributed by atoms with Crippen molar-refractivity contribution in [2.45, 2.75) is 32.8 Å². The number of hydrogen-bond acceptors (Lipinski definition) is 8. The highest BCUT2D eigenvalue weighted by Crippen LogP contribution is 2.41. The van der Waals surface area contributed by atoms with Crippen LogP contribution in [0, 0.1) is 5.92 Å². The molecule has 2 aliphatic heterocycles. The molecule has 2 saturated heterocycles. The summed E-state index contributed by atoms with van der Waals surface area (Å²) in [6.45, 7) is 10.6. The highest BCUT2D eigenvalue weighted by Gasteiger charge is 2.27. The number of ether oxygens (including phenoxy) is 1. The Hall–Kier alpha value is -3.04. The van der Waals surface area contributed by atoms with E-state index in [9.17, 15) is 9.90 Å². The summed E-state index contributed by atoms with van der Waals surface area (Å²) in [7, 11) is 4.13. The summed E-state index contributed by atoms with van der Waals surface area (Å²) in [5.41, 5.74) is 4.94. The predicted molar refractivity (Wildman–Crippen MR) is 157 cm³/mol. The molecule has 0 saturated carbocycles. The zero-order chi connectivity index (χ0) is 27.0. The number of hydrogen-bond donors (Lipinski definition) is 1. The first kappa shape index (κ1) is 26.6. The van der Waals surface area contributed by atoms with Crippen LogP contribution in [0.5, 0.6) is 0 Å². The zero-order valence-corrected chi connectivity index (χ0v) is 23.9. The Morgan fingerprint density at radius 2 is 1.79 bits per heavy atom. The van der Waals surface area contributed by atoms with Crippen LogP contribution >= 0.6 is 11.3 Å². The molecule has 0 bridgehead atoms. The SMILES string of the molecule is CN(C)c1cc2nc(-c3ccc(N4CCN(C(=O)OC(C)(C)C)CC4)cc3)cc(N3CCC(CO)C3)c2s1. The first-order valence-electron chi connectivity index (χ1n) is 13.4. The molecular weight excluding hydrogens is 498 g/mol. The molecule has 3 aromatic rings. The Morgan fingerprint density at radius 3 is 2.39 bits per heavy atom.